The Morgan fingerprint density at radius 1 is 1.09 bits per heavy atom. The SMILES string of the molecule is COc1c2c(c(C3(C(=O)O)CCCC3)c3c1OCC3)OCC2. The Labute approximate surface area is 129 Å². The molecule has 2 aliphatic heterocycles. The average Bonchev–Trinajstić information content (AvgIpc) is 3.24. The first kappa shape index (κ1) is 13.7. The third kappa shape index (κ3) is 1.62. The van der Waals surface area contributed by atoms with E-state index in [0.29, 0.717) is 26.1 Å². The molecule has 2 heterocycles. The highest BCUT2D eigenvalue weighted by atomic mass is 16.5. The smallest absolute Gasteiger partial charge is 0.314 e. The number of methoxy groups -OCH3 is 1. The van der Waals surface area contributed by atoms with Gasteiger partial charge in [0.15, 0.2) is 11.5 Å². The first-order chi connectivity index (χ1) is 10.7. The van der Waals surface area contributed by atoms with Gasteiger partial charge in [0.05, 0.1) is 25.7 Å². The molecule has 5 nitrogen and oxygen atoms in total. The molecule has 1 aromatic carbocycles. The lowest BCUT2D eigenvalue weighted by Crippen LogP contribution is -2.34. The standard InChI is InChI=1S/C17H20O5/c1-20-14-11-5-9-21-13(11)12(10-4-8-22-15(10)14)17(16(18)19)6-2-3-7-17/h2-9H2,1H3,(H,18,19). The van der Waals surface area contributed by atoms with Crippen molar-refractivity contribution in [3.63, 3.8) is 0 Å². The monoisotopic (exact) mass is 304 g/mol. The second-order valence-electron chi connectivity index (χ2n) is 6.31. The van der Waals surface area contributed by atoms with Crippen molar-refractivity contribution in [1.82, 2.24) is 0 Å². The van der Waals surface area contributed by atoms with Gasteiger partial charge in [-0.05, 0) is 12.8 Å². The Morgan fingerprint density at radius 3 is 2.36 bits per heavy atom. The van der Waals surface area contributed by atoms with Gasteiger partial charge in [0.25, 0.3) is 0 Å². The second-order valence-corrected chi connectivity index (χ2v) is 6.31. The fourth-order valence-electron chi connectivity index (χ4n) is 4.34. The van der Waals surface area contributed by atoms with Crippen LogP contribution in [-0.4, -0.2) is 31.4 Å². The highest BCUT2D eigenvalue weighted by molar-refractivity contribution is 5.86. The Morgan fingerprint density at radius 2 is 1.73 bits per heavy atom. The Hall–Kier alpha value is -1.91. The van der Waals surface area contributed by atoms with Crippen LogP contribution in [0.4, 0.5) is 0 Å². The molecule has 0 atom stereocenters. The van der Waals surface area contributed by atoms with Crippen LogP contribution in [0.1, 0.15) is 42.4 Å². The number of hydrogen-bond donors (Lipinski definition) is 1. The fraction of sp³-hybridized carbons (Fsp3) is 0.588. The molecule has 3 aliphatic rings. The number of carbonyl (C=O) groups is 1. The van der Waals surface area contributed by atoms with Crippen LogP contribution in [0.25, 0.3) is 0 Å². The van der Waals surface area contributed by atoms with Crippen LogP contribution >= 0.6 is 0 Å². The number of ether oxygens (including phenoxy) is 3. The summed E-state index contributed by atoms with van der Waals surface area (Å²) in [5.74, 6) is 1.50. The molecule has 1 N–H and O–H groups in total. The van der Waals surface area contributed by atoms with E-state index in [9.17, 15) is 9.90 Å². The van der Waals surface area contributed by atoms with Crippen molar-refractivity contribution < 1.29 is 24.1 Å². The van der Waals surface area contributed by atoms with Crippen molar-refractivity contribution in [2.24, 2.45) is 0 Å². The van der Waals surface area contributed by atoms with Gasteiger partial charge >= 0.3 is 5.97 Å². The summed E-state index contributed by atoms with van der Waals surface area (Å²) in [6.07, 6.45) is 4.73. The number of benzene rings is 1. The predicted molar refractivity (Wildman–Crippen MR) is 79.2 cm³/mol. The number of fused-ring (bicyclic) bond motifs is 2. The maximum Gasteiger partial charge on any atom is 0.314 e. The second kappa shape index (κ2) is 4.80. The molecule has 0 spiro atoms. The summed E-state index contributed by atoms with van der Waals surface area (Å²) in [6, 6.07) is 0. The summed E-state index contributed by atoms with van der Waals surface area (Å²) < 4.78 is 17.2. The van der Waals surface area contributed by atoms with Crippen LogP contribution in [0.2, 0.25) is 0 Å². The molecule has 0 radical (unpaired) electrons. The van der Waals surface area contributed by atoms with Crippen molar-refractivity contribution in [3.8, 4) is 17.2 Å². The topological polar surface area (TPSA) is 65.0 Å². The maximum atomic E-state index is 12.2. The van der Waals surface area contributed by atoms with Gasteiger partial charge < -0.3 is 19.3 Å². The van der Waals surface area contributed by atoms with E-state index in [2.05, 4.69) is 0 Å². The molecule has 1 aromatic rings. The first-order valence-electron chi connectivity index (χ1n) is 7.94. The lowest BCUT2D eigenvalue weighted by molar-refractivity contribution is -0.143. The van der Waals surface area contributed by atoms with Gasteiger partial charge in [-0.2, -0.15) is 0 Å². The molecule has 0 bridgehead atoms. The molecule has 0 amide bonds. The van der Waals surface area contributed by atoms with Gasteiger partial charge in [0, 0.05) is 29.5 Å². The van der Waals surface area contributed by atoms with Crippen LogP contribution in [0.15, 0.2) is 0 Å². The van der Waals surface area contributed by atoms with Crippen molar-refractivity contribution in [2.45, 2.75) is 43.9 Å². The van der Waals surface area contributed by atoms with Crippen LogP contribution in [0.3, 0.4) is 0 Å². The molecule has 5 heteroatoms. The molecule has 0 saturated heterocycles. The third-order valence-corrected chi connectivity index (χ3v) is 5.30. The van der Waals surface area contributed by atoms with Crippen molar-refractivity contribution in [2.75, 3.05) is 20.3 Å². The van der Waals surface area contributed by atoms with E-state index >= 15 is 0 Å². The molecule has 0 unspecified atom stereocenters. The summed E-state index contributed by atoms with van der Waals surface area (Å²) in [5, 5.41) is 9.98. The fourth-order valence-corrected chi connectivity index (χ4v) is 4.34. The number of aliphatic carboxylic acids is 1. The highest BCUT2D eigenvalue weighted by Gasteiger charge is 2.49. The van der Waals surface area contributed by atoms with Crippen LogP contribution in [-0.2, 0) is 23.1 Å². The lowest BCUT2D eigenvalue weighted by Gasteiger charge is -2.29. The minimum atomic E-state index is -0.821. The summed E-state index contributed by atoms with van der Waals surface area (Å²) in [7, 11) is 1.64. The Balaban J connectivity index is 2.03. The molecular weight excluding hydrogens is 284 g/mol. The summed E-state index contributed by atoms with van der Waals surface area (Å²) in [5.41, 5.74) is 2.02. The lowest BCUT2D eigenvalue weighted by atomic mass is 9.74. The zero-order valence-corrected chi connectivity index (χ0v) is 12.7. The van der Waals surface area contributed by atoms with Crippen LogP contribution in [0, 0.1) is 0 Å². The minimum absolute atomic E-state index is 0.581. The van der Waals surface area contributed by atoms with Crippen molar-refractivity contribution in [1.29, 1.82) is 0 Å². The highest BCUT2D eigenvalue weighted by Crippen LogP contribution is 2.56. The summed E-state index contributed by atoms with van der Waals surface area (Å²) >= 11 is 0. The van der Waals surface area contributed by atoms with Gasteiger partial charge in [-0.1, -0.05) is 12.8 Å². The Kier molecular flexibility index (Phi) is 2.99. The van der Waals surface area contributed by atoms with E-state index in [1.807, 2.05) is 0 Å². The van der Waals surface area contributed by atoms with Gasteiger partial charge in [0.1, 0.15) is 5.75 Å². The van der Waals surface area contributed by atoms with E-state index in [0.717, 1.165) is 59.6 Å². The molecule has 118 valence electrons. The minimum Gasteiger partial charge on any atom is -0.492 e. The molecule has 0 aromatic heterocycles. The summed E-state index contributed by atoms with van der Waals surface area (Å²) in [4.78, 5) is 12.2. The van der Waals surface area contributed by atoms with Crippen molar-refractivity contribution >= 4 is 5.97 Å². The predicted octanol–water partition coefficient (Wildman–Crippen LogP) is 2.46. The zero-order chi connectivity index (χ0) is 15.3. The Bertz CT molecular complexity index is 608. The molecule has 1 saturated carbocycles. The van der Waals surface area contributed by atoms with E-state index in [1.54, 1.807) is 7.11 Å². The zero-order valence-electron chi connectivity index (χ0n) is 12.7. The molecule has 1 fully saturated rings. The van der Waals surface area contributed by atoms with Gasteiger partial charge in [0.2, 0.25) is 0 Å². The number of carboxylic acid groups (broad SMARTS) is 1. The quantitative estimate of drug-likeness (QED) is 0.929. The van der Waals surface area contributed by atoms with Crippen LogP contribution < -0.4 is 14.2 Å². The average molecular weight is 304 g/mol. The van der Waals surface area contributed by atoms with Crippen LogP contribution in [0.5, 0.6) is 17.2 Å². The number of rotatable bonds is 3. The van der Waals surface area contributed by atoms with Gasteiger partial charge in [-0.3, -0.25) is 4.79 Å². The molecule has 4 rings (SSSR count). The first-order valence-corrected chi connectivity index (χ1v) is 7.94. The number of carboxylic acids is 1. The van der Waals surface area contributed by atoms with Gasteiger partial charge in [-0.15, -0.1) is 0 Å². The number of hydrogen-bond acceptors (Lipinski definition) is 4. The maximum absolute atomic E-state index is 12.2. The molecule has 22 heavy (non-hydrogen) atoms. The van der Waals surface area contributed by atoms with E-state index in [1.165, 1.54) is 0 Å². The van der Waals surface area contributed by atoms with Gasteiger partial charge in [-0.25, -0.2) is 0 Å². The normalized spacial score (nSPS) is 21.0. The molecule has 1 aliphatic carbocycles. The molecular formula is C17H20O5. The summed E-state index contributed by atoms with van der Waals surface area (Å²) in [6.45, 7) is 1.16. The third-order valence-electron chi connectivity index (χ3n) is 5.30. The van der Waals surface area contributed by atoms with E-state index in [-0.39, 0.29) is 0 Å². The van der Waals surface area contributed by atoms with Crippen molar-refractivity contribution in [3.05, 3.63) is 16.7 Å². The largest absolute Gasteiger partial charge is 0.492 e. The van der Waals surface area contributed by atoms with E-state index in [4.69, 9.17) is 14.2 Å². The van der Waals surface area contributed by atoms with E-state index < -0.39 is 11.4 Å².